The van der Waals surface area contributed by atoms with Gasteiger partial charge in [0, 0.05) is 18.0 Å². The Morgan fingerprint density at radius 1 is 1.17 bits per heavy atom. The lowest BCUT2D eigenvalue weighted by Crippen LogP contribution is -2.35. The Hall–Kier alpha value is -4.15. The van der Waals surface area contributed by atoms with Crippen LogP contribution in [0.4, 0.5) is 4.39 Å². The van der Waals surface area contributed by atoms with Crippen LogP contribution in [0.15, 0.2) is 82.7 Å². The second kappa shape index (κ2) is 9.24. The van der Waals surface area contributed by atoms with Crippen LogP contribution < -0.4 is 4.74 Å². The average molecular weight is 506 g/mol. The number of nitrogens with zero attached hydrogens (tertiary/aromatic N) is 4. The van der Waals surface area contributed by atoms with Gasteiger partial charge in [0.05, 0.1) is 16.2 Å². The molecule has 1 aromatic heterocycles. The molecule has 1 N–H and O–H groups in total. The number of halogens is 2. The number of benzene rings is 2. The van der Waals surface area contributed by atoms with Crippen LogP contribution >= 0.6 is 23.4 Å². The van der Waals surface area contributed by atoms with Crippen molar-refractivity contribution in [1.82, 2.24) is 9.99 Å². The summed E-state index contributed by atoms with van der Waals surface area (Å²) in [6, 6.07) is 13.0. The van der Waals surface area contributed by atoms with Gasteiger partial charge in [0.15, 0.2) is 5.84 Å². The number of rotatable bonds is 4. The van der Waals surface area contributed by atoms with Gasteiger partial charge in [-0.15, -0.1) is 0 Å². The molecule has 35 heavy (non-hydrogen) atoms. The van der Waals surface area contributed by atoms with E-state index in [1.54, 1.807) is 24.5 Å². The molecule has 2 aliphatic rings. The molecule has 0 aliphatic carbocycles. The minimum Gasteiger partial charge on any atom is -0.421 e. The van der Waals surface area contributed by atoms with Crippen LogP contribution in [0.3, 0.4) is 0 Å². The van der Waals surface area contributed by atoms with Crippen LogP contribution in [-0.2, 0) is 4.79 Å². The second-order valence-electron chi connectivity index (χ2n) is 7.25. The van der Waals surface area contributed by atoms with E-state index in [9.17, 15) is 14.0 Å². The van der Waals surface area contributed by atoms with Gasteiger partial charge in [0.2, 0.25) is 5.17 Å². The van der Waals surface area contributed by atoms with Crippen molar-refractivity contribution in [3.8, 4) is 5.75 Å². The lowest BCUT2D eigenvalue weighted by Gasteiger charge is -2.20. The van der Waals surface area contributed by atoms with Crippen molar-refractivity contribution < 1.29 is 18.7 Å². The van der Waals surface area contributed by atoms with Crippen molar-refractivity contribution in [1.29, 1.82) is 5.41 Å². The van der Waals surface area contributed by atoms with Gasteiger partial charge in [-0.3, -0.25) is 15.2 Å². The maximum absolute atomic E-state index is 13.1. The van der Waals surface area contributed by atoms with E-state index in [2.05, 4.69) is 15.1 Å². The predicted molar refractivity (Wildman–Crippen MR) is 131 cm³/mol. The number of aromatic nitrogens is 1. The van der Waals surface area contributed by atoms with E-state index in [4.69, 9.17) is 21.7 Å². The van der Waals surface area contributed by atoms with Gasteiger partial charge in [0.1, 0.15) is 16.6 Å². The number of esters is 1. The van der Waals surface area contributed by atoms with Crippen molar-refractivity contribution >= 4 is 57.4 Å². The number of ether oxygens (including phenoxy) is 1. The molecule has 5 rings (SSSR count). The number of nitrogens with one attached hydrogen (secondary N) is 1. The highest BCUT2D eigenvalue weighted by atomic mass is 35.5. The van der Waals surface area contributed by atoms with Gasteiger partial charge in [0.25, 0.3) is 5.91 Å². The zero-order valence-electron chi connectivity index (χ0n) is 17.6. The topological polar surface area (TPSA) is 108 Å². The van der Waals surface area contributed by atoms with Crippen molar-refractivity contribution in [3.05, 3.63) is 100 Å². The monoisotopic (exact) mass is 505 g/mol. The van der Waals surface area contributed by atoms with Gasteiger partial charge < -0.3 is 4.74 Å². The van der Waals surface area contributed by atoms with E-state index in [1.165, 1.54) is 47.1 Å². The molecule has 0 unspecified atom stereocenters. The largest absolute Gasteiger partial charge is 0.421 e. The first-order chi connectivity index (χ1) is 16.9. The van der Waals surface area contributed by atoms with Crippen LogP contribution in [0.1, 0.15) is 21.5 Å². The summed E-state index contributed by atoms with van der Waals surface area (Å²) in [7, 11) is 0. The van der Waals surface area contributed by atoms with Crippen LogP contribution in [0, 0.1) is 11.2 Å². The third-order valence-electron chi connectivity index (χ3n) is 4.91. The van der Waals surface area contributed by atoms with E-state index >= 15 is 0 Å². The molecular formula is C24H13ClFN5O3S. The van der Waals surface area contributed by atoms with E-state index < -0.39 is 17.7 Å². The fraction of sp³-hybridized carbons (Fsp3) is 0. The van der Waals surface area contributed by atoms with Gasteiger partial charge >= 0.3 is 5.97 Å². The molecule has 0 spiro atoms. The molecule has 172 valence electrons. The highest BCUT2D eigenvalue weighted by Crippen LogP contribution is 2.32. The number of amides is 1. The Bertz CT molecular complexity index is 1470. The zero-order chi connectivity index (χ0) is 24.5. The summed E-state index contributed by atoms with van der Waals surface area (Å²) in [5, 5.41) is 15.2. The van der Waals surface area contributed by atoms with E-state index in [0.29, 0.717) is 10.6 Å². The Morgan fingerprint density at radius 3 is 2.69 bits per heavy atom. The van der Waals surface area contributed by atoms with Crippen molar-refractivity contribution in [2.75, 3.05) is 0 Å². The molecule has 0 radical (unpaired) electrons. The summed E-state index contributed by atoms with van der Waals surface area (Å²) in [4.78, 5) is 33.0. The van der Waals surface area contributed by atoms with Crippen LogP contribution in [-0.4, -0.2) is 37.9 Å². The lowest BCUT2D eigenvalue weighted by molar-refractivity contribution is -0.114. The van der Waals surface area contributed by atoms with Gasteiger partial charge in [-0.25, -0.2) is 9.18 Å². The van der Waals surface area contributed by atoms with Gasteiger partial charge in [-0.05, 0) is 71.9 Å². The minimum absolute atomic E-state index is 0.0256. The molecule has 1 amide bonds. The standard InChI is InChI=1S/C24H13ClFN5O3S/c25-18-11-13(3-8-19(18)34-23(33)14-4-6-16(26)7-5-14)10-17-20(27)31-24(29-21(17)32)35-22(30-31)15-2-1-9-28-12-15/h1-12,27H. The van der Waals surface area contributed by atoms with Crippen LogP contribution in [0.5, 0.6) is 5.75 Å². The Balaban J connectivity index is 1.37. The fourth-order valence-electron chi connectivity index (χ4n) is 3.20. The number of amidine groups is 2. The smallest absolute Gasteiger partial charge is 0.343 e. The number of pyridine rings is 1. The molecule has 0 atom stereocenters. The summed E-state index contributed by atoms with van der Waals surface area (Å²) in [6.45, 7) is 0. The number of aliphatic imine (C=N–C) groups is 1. The molecule has 0 bridgehead atoms. The first kappa shape index (κ1) is 22.6. The first-order valence-electron chi connectivity index (χ1n) is 10.1. The number of carbonyl (C=O) groups excluding carboxylic acids is 2. The predicted octanol–water partition coefficient (Wildman–Crippen LogP) is 4.76. The molecular weight excluding hydrogens is 493 g/mol. The summed E-state index contributed by atoms with van der Waals surface area (Å²) >= 11 is 7.46. The molecule has 3 heterocycles. The fourth-order valence-corrected chi connectivity index (χ4v) is 4.31. The van der Waals surface area contributed by atoms with Crippen LogP contribution in [0.2, 0.25) is 5.02 Å². The van der Waals surface area contributed by atoms with Crippen molar-refractivity contribution in [2.45, 2.75) is 0 Å². The number of hydrazone groups is 1. The molecule has 11 heteroatoms. The van der Waals surface area contributed by atoms with Crippen molar-refractivity contribution in [2.24, 2.45) is 10.1 Å². The molecule has 0 saturated carbocycles. The first-order valence-corrected chi connectivity index (χ1v) is 11.3. The average Bonchev–Trinajstić information content (AvgIpc) is 3.28. The maximum atomic E-state index is 13.1. The number of thioether (sulfide) groups is 1. The van der Waals surface area contributed by atoms with Crippen molar-refractivity contribution in [3.63, 3.8) is 0 Å². The third kappa shape index (κ3) is 4.61. The maximum Gasteiger partial charge on any atom is 0.343 e. The summed E-state index contributed by atoms with van der Waals surface area (Å²) in [5.41, 5.74) is 1.43. The van der Waals surface area contributed by atoms with Crippen LogP contribution in [0.25, 0.3) is 6.08 Å². The normalized spacial score (nSPS) is 16.2. The minimum atomic E-state index is -0.696. The highest BCUT2D eigenvalue weighted by Gasteiger charge is 2.36. The lowest BCUT2D eigenvalue weighted by atomic mass is 10.1. The molecule has 0 fully saturated rings. The third-order valence-corrected chi connectivity index (χ3v) is 6.17. The SMILES string of the molecule is N=C1C(=Cc2ccc(OC(=O)c3ccc(F)cc3)c(Cl)c2)C(=O)N=C2SC(c3cccnc3)=NN12. The molecule has 2 aromatic carbocycles. The molecule has 0 saturated heterocycles. The Morgan fingerprint density at radius 2 is 1.97 bits per heavy atom. The van der Waals surface area contributed by atoms with E-state index in [1.807, 2.05) is 6.07 Å². The molecule has 2 aliphatic heterocycles. The van der Waals surface area contributed by atoms with E-state index in [0.717, 1.165) is 17.7 Å². The number of hydrogen-bond donors (Lipinski definition) is 1. The zero-order valence-corrected chi connectivity index (χ0v) is 19.2. The summed E-state index contributed by atoms with van der Waals surface area (Å²) in [6.07, 6.45) is 4.74. The molecule has 3 aromatic rings. The summed E-state index contributed by atoms with van der Waals surface area (Å²) < 4.78 is 18.4. The molecule has 8 nitrogen and oxygen atoms in total. The van der Waals surface area contributed by atoms with Gasteiger partial charge in [-0.2, -0.15) is 15.1 Å². The Kier molecular flexibility index (Phi) is 5.98. The van der Waals surface area contributed by atoms with E-state index in [-0.39, 0.29) is 32.9 Å². The van der Waals surface area contributed by atoms with Gasteiger partial charge in [-0.1, -0.05) is 17.7 Å². The Labute approximate surface area is 207 Å². The summed E-state index contributed by atoms with van der Waals surface area (Å²) in [5.74, 6) is -1.79. The highest BCUT2D eigenvalue weighted by molar-refractivity contribution is 8.27. The number of carbonyl (C=O) groups is 2. The number of hydrogen-bond acceptors (Lipinski definition) is 7. The quantitative estimate of drug-likeness (QED) is 0.311. The second-order valence-corrected chi connectivity index (χ2v) is 8.62. The number of fused-ring (bicyclic) bond motifs is 1.